The van der Waals surface area contributed by atoms with Crippen LogP contribution in [0.3, 0.4) is 0 Å². The molecule has 276 valence electrons. The first kappa shape index (κ1) is 38.8. The van der Waals surface area contributed by atoms with Gasteiger partial charge in [-0.2, -0.15) is 13.4 Å². The minimum absolute atomic E-state index is 0.0834. The second kappa shape index (κ2) is 18.3. The fourth-order valence-electron chi connectivity index (χ4n) is 4.94. The van der Waals surface area contributed by atoms with E-state index in [0.29, 0.717) is 89.6 Å². The summed E-state index contributed by atoms with van der Waals surface area (Å²) in [5.41, 5.74) is 6.89. The number of hydrogen-bond donors (Lipinski definition) is 4. The number of para-hydroxylation sites is 4. The number of aromatic nitrogens is 2. The largest absolute Gasteiger partial charge is 0.508 e. The van der Waals surface area contributed by atoms with E-state index in [1.807, 2.05) is 35.2 Å². The molecule has 1 fully saturated rings. The third kappa shape index (κ3) is 11.5. The third-order valence-electron chi connectivity index (χ3n) is 7.39. The molecule has 15 nitrogen and oxygen atoms in total. The maximum atomic E-state index is 13.0. The topological polar surface area (TPSA) is 207 Å². The maximum absolute atomic E-state index is 13.0. The van der Waals surface area contributed by atoms with E-state index < -0.39 is 16.2 Å². The molecule has 0 aliphatic carbocycles. The van der Waals surface area contributed by atoms with Crippen LogP contribution in [-0.4, -0.2) is 103 Å². The lowest BCUT2D eigenvalue weighted by atomic mass is 10.2. The highest BCUT2D eigenvalue weighted by Gasteiger charge is 2.33. The zero-order valence-corrected chi connectivity index (χ0v) is 29.6. The molecule has 1 saturated heterocycles. The van der Waals surface area contributed by atoms with Gasteiger partial charge in [0.05, 0.1) is 26.0 Å². The number of rotatable bonds is 4. The van der Waals surface area contributed by atoms with Gasteiger partial charge in [0.2, 0.25) is 12.1 Å². The number of methoxy groups -OCH3 is 2. The second-order valence-corrected chi connectivity index (χ2v) is 12.7. The fraction of sp³-hybridized carbons (Fsp3) is 0.250. The third-order valence-corrected chi connectivity index (χ3v) is 7.39. The van der Waals surface area contributed by atoms with E-state index in [9.17, 15) is 13.2 Å². The number of amides is 1. The van der Waals surface area contributed by atoms with Gasteiger partial charge in [-0.25, -0.2) is 4.98 Å². The molecule has 0 bridgehead atoms. The van der Waals surface area contributed by atoms with Crippen molar-refractivity contribution >= 4 is 38.7 Å². The molecule has 52 heavy (non-hydrogen) atoms. The van der Waals surface area contributed by atoms with Gasteiger partial charge < -0.3 is 44.7 Å². The summed E-state index contributed by atoms with van der Waals surface area (Å²) in [6, 6.07) is 28.3. The molecule has 3 heterocycles. The smallest absolute Gasteiger partial charge is 0.267 e. The predicted molar refractivity (Wildman–Crippen MR) is 196 cm³/mol. The van der Waals surface area contributed by atoms with Crippen LogP contribution in [0.4, 0.5) is 11.8 Å². The van der Waals surface area contributed by atoms with Gasteiger partial charge in [0.25, 0.3) is 16.0 Å². The number of nitrogens with two attached hydrogens (primary N) is 1. The van der Waals surface area contributed by atoms with E-state index in [1.54, 1.807) is 85.8 Å². The molecule has 1 unspecified atom stereocenters. The van der Waals surface area contributed by atoms with Crippen LogP contribution in [0.5, 0.6) is 34.5 Å². The van der Waals surface area contributed by atoms with Crippen molar-refractivity contribution in [2.24, 2.45) is 0 Å². The van der Waals surface area contributed by atoms with Crippen molar-refractivity contribution in [3.8, 4) is 34.5 Å². The van der Waals surface area contributed by atoms with E-state index in [0.717, 1.165) is 0 Å². The molecule has 4 aromatic carbocycles. The number of piperazine rings is 1. The maximum Gasteiger partial charge on any atom is 0.267 e. The van der Waals surface area contributed by atoms with Crippen molar-refractivity contribution in [3.05, 3.63) is 97.1 Å². The number of fused-ring (bicyclic) bond motifs is 2. The van der Waals surface area contributed by atoms with Crippen LogP contribution in [0.2, 0.25) is 0 Å². The lowest BCUT2D eigenvalue weighted by Crippen LogP contribution is -2.54. The predicted octanol–water partition coefficient (Wildman–Crippen LogP) is 4.01. The highest BCUT2D eigenvalue weighted by atomic mass is 32.2. The first-order chi connectivity index (χ1) is 24.9. The molecule has 1 atom stereocenters. The summed E-state index contributed by atoms with van der Waals surface area (Å²) >= 11 is 0. The van der Waals surface area contributed by atoms with Gasteiger partial charge in [0.15, 0.2) is 23.0 Å². The first-order valence-electron chi connectivity index (χ1n) is 15.9. The molecule has 2 aliphatic rings. The Hall–Kier alpha value is -6.00. The Bertz CT molecular complexity index is 1970. The molecular formula is C36H41N5O10S. The number of aromatic hydroxyl groups is 2. The van der Waals surface area contributed by atoms with Gasteiger partial charge in [-0.05, 0) is 42.5 Å². The highest BCUT2D eigenvalue weighted by molar-refractivity contribution is 7.85. The molecule has 0 spiro atoms. The second-order valence-electron chi connectivity index (χ2n) is 11.2. The lowest BCUT2D eigenvalue weighted by molar-refractivity contribution is -0.141. The van der Waals surface area contributed by atoms with E-state index >= 15 is 0 Å². The number of anilines is 2. The molecule has 16 heteroatoms. The highest BCUT2D eigenvalue weighted by Crippen LogP contribution is 2.34. The number of nitrogen functional groups attached to an aromatic ring is 1. The van der Waals surface area contributed by atoms with E-state index in [-0.39, 0.29) is 12.5 Å². The monoisotopic (exact) mass is 735 g/mol. The number of hydrogen-bond acceptors (Lipinski definition) is 13. The summed E-state index contributed by atoms with van der Waals surface area (Å²) < 4.78 is 48.2. The van der Waals surface area contributed by atoms with Crippen LogP contribution < -0.4 is 29.6 Å². The molecule has 5 aromatic rings. The van der Waals surface area contributed by atoms with Crippen molar-refractivity contribution in [3.63, 3.8) is 0 Å². The van der Waals surface area contributed by atoms with Crippen LogP contribution >= 0.6 is 0 Å². The van der Waals surface area contributed by atoms with Crippen molar-refractivity contribution in [1.29, 1.82) is 0 Å². The Morgan fingerprint density at radius 3 is 1.81 bits per heavy atom. The average Bonchev–Trinajstić information content (AvgIpc) is 3.14. The van der Waals surface area contributed by atoms with Crippen molar-refractivity contribution < 1.29 is 46.9 Å². The summed E-state index contributed by atoms with van der Waals surface area (Å²) in [6.07, 6.45) is 0.0639. The van der Waals surface area contributed by atoms with Gasteiger partial charge in [0.1, 0.15) is 23.9 Å². The summed E-state index contributed by atoms with van der Waals surface area (Å²) in [5.74, 6) is 3.83. The number of carbonyl (C=O) groups excluding carboxylic acids is 1. The number of benzene rings is 4. The Labute approximate surface area is 301 Å². The standard InChI is InChI=1S/C23H25N5O5.2C6H6O.CH4O3S/c1-30-18-11-14-15(12-19(18)31-2)25-23(26-21(14)24)28-9-7-27(8-10-28)22(29)20-13-32-16-5-3-4-6-17(16)33-20;2*7-6-4-2-1-3-5-6;1-5(2,3)4/h3-6,11-12,20H,7-10,13H2,1-2H3,(H2,24,25,26);2*1-5,7H;1H3,(H,2,3,4). The quantitative estimate of drug-likeness (QED) is 0.193. The molecule has 1 amide bonds. The molecule has 2 aliphatic heterocycles. The summed E-state index contributed by atoms with van der Waals surface area (Å²) in [6.45, 7) is 2.40. The van der Waals surface area contributed by atoms with Crippen molar-refractivity contribution in [2.45, 2.75) is 6.10 Å². The first-order valence-corrected chi connectivity index (χ1v) is 17.7. The average molecular weight is 736 g/mol. The van der Waals surface area contributed by atoms with Gasteiger partial charge in [-0.3, -0.25) is 9.35 Å². The molecule has 1 aromatic heterocycles. The molecule has 0 radical (unpaired) electrons. The Kier molecular flexibility index (Phi) is 13.7. The molecule has 7 rings (SSSR count). The van der Waals surface area contributed by atoms with Crippen molar-refractivity contribution in [2.75, 3.05) is 63.9 Å². The SMILES string of the molecule is COc1cc2nc(N3CCN(C(=O)C4COc5ccccc5O4)CC3)nc(N)c2cc1OC.CS(=O)(=O)O.Oc1ccccc1.Oc1ccccc1. The number of nitrogens with zero attached hydrogens (tertiary/aromatic N) is 4. The van der Waals surface area contributed by atoms with Crippen LogP contribution in [0.15, 0.2) is 97.1 Å². The summed E-state index contributed by atoms with van der Waals surface area (Å²) in [4.78, 5) is 26.0. The van der Waals surface area contributed by atoms with Crippen LogP contribution in [-0.2, 0) is 14.9 Å². The van der Waals surface area contributed by atoms with E-state index in [4.69, 9.17) is 39.4 Å². The van der Waals surface area contributed by atoms with E-state index in [2.05, 4.69) is 9.97 Å². The zero-order chi connectivity index (χ0) is 37.7. The fourth-order valence-corrected chi connectivity index (χ4v) is 4.94. The Balaban J connectivity index is 0.000000258. The lowest BCUT2D eigenvalue weighted by Gasteiger charge is -2.37. The minimum Gasteiger partial charge on any atom is -0.508 e. The van der Waals surface area contributed by atoms with Crippen LogP contribution in [0.1, 0.15) is 0 Å². The molecule has 5 N–H and O–H groups in total. The normalized spacial score (nSPS) is 14.7. The van der Waals surface area contributed by atoms with Crippen molar-refractivity contribution in [1.82, 2.24) is 14.9 Å². The number of carbonyl (C=O) groups is 1. The summed E-state index contributed by atoms with van der Waals surface area (Å²) in [5, 5.41) is 18.0. The van der Waals surface area contributed by atoms with Crippen LogP contribution in [0.25, 0.3) is 10.9 Å². The number of ether oxygens (including phenoxy) is 4. The summed E-state index contributed by atoms with van der Waals surface area (Å²) in [7, 11) is -0.524. The molecular weight excluding hydrogens is 694 g/mol. The van der Waals surface area contributed by atoms with Gasteiger partial charge >= 0.3 is 0 Å². The zero-order valence-electron chi connectivity index (χ0n) is 28.8. The Morgan fingerprint density at radius 2 is 1.31 bits per heavy atom. The Morgan fingerprint density at radius 1 is 0.808 bits per heavy atom. The van der Waals surface area contributed by atoms with Crippen LogP contribution in [0, 0.1) is 0 Å². The van der Waals surface area contributed by atoms with Gasteiger partial charge in [-0.15, -0.1) is 0 Å². The molecule has 0 saturated carbocycles. The number of phenolic OH excluding ortho intramolecular Hbond substituents is 2. The number of phenols is 2. The van der Waals surface area contributed by atoms with E-state index in [1.165, 1.54) is 0 Å². The van der Waals surface area contributed by atoms with Gasteiger partial charge in [-0.1, -0.05) is 48.5 Å². The minimum atomic E-state index is -3.67. The van der Waals surface area contributed by atoms with Gasteiger partial charge in [0, 0.05) is 37.6 Å².